The first-order chi connectivity index (χ1) is 9.38. The van der Waals surface area contributed by atoms with Gasteiger partial charge in [-0.2, -0.15) is 0 Å². The molecule has 4 nitrogen and oxygen atoms in total. The van der Waals surface area contributed by atoms with Crippen molar-refractivity contribution < 1.29 is 9.18 Å². The lowest BCUT2D eigenvalue weighted by atomic mass is 10.1. The molecule has 1 atom stereocenters. The molecule has 0 aliphatic heterocycles. The lowest BCUT2D eigenvalue weighted by Gasteiger charge is -2.14. The Morgan fingerprint density at radius 3 is 2.70 bits per heavy atom. The molecule has 1 unspecified atom stereocenters. The fourth-order valence-electron chi connectivity index (χ4n) is 1.85. The number of benzene rings is 1. The average Bonchev–Trinajstić information content (AvgIpc) is 2.71. The Kier molecular flexibility index (Phi) is 4.04. The molecule has 3 N–H and O–H groups in total. The van der Waals surface area contributed by atoms with Crippen LogP contribution in [0.3, 0.4) is 0 Å². The second-order valence-electron chi connectivity index (χ2n) is 4.67. The Hall–Kier alpha value is -1.95. The zero-order chi connectivity index (χ0) is 14.9. The van der Waals surface area contributed by atoms with Gasteiger partial charge >= 0.3 is 0 Å². The van der Waals surface area contributed by atoms with Gasteiger partial charge in [0.2, 0.25) is 0 Å². The maximum absolute atomic E-state index is 13.5. The number of aromatic nitrogens is 1. The normalized spacial score (nSPS) is 12.2. The molecule has 1 heterocycles. The summed E-state index contributed by atoms with van der Waals surface area (Å²) in [5, 5.41) is 3.19. The number of carbonyl (C=O) groups is 1. The van der Waals surface area contributed by atoms with E-state index in [1.54, 1.807) is 26.0 Å². The summed E-state index contributed by atoms with van der Waals surface area (Å²) in [6, 6.07) is 4.65. The fraction of sp³-hybridized carbons (Fsp3) is 0.286. The lowest BCUT2D eigenvalue weighted by Crippen LogP contribution is -2.26. The predicted octanol–water partition coefficient (Wildman–Crippen LogP) is 2.97. The first-order valence-electron chi connectivity index (χ1n) is 6.18. The van der Waals surface area contributed by atoms with Crippen molar-refractivity contribution in [1.82, 2.24) is 10.3 Å². The van der Waals surface area contributed by atoms with E-state index in [-0.39, 0.29) is 17.8 Å². The number of nitrogen functional groups attached to an aromatic ring is 1. The summed E-state index contributed by atoms with van der Waals surface area (Å²) < 4.78 is 13.5. The fourth-order valence-corrected chi connectivity index (χ4v) is 2.59. The summed E-state index contributed by atoms with van der Waals surface area (Å²) in [6.07, 6.45) is 0. The lowest BCUT2D eigenvalue weighted by molar-refractivity contribution is 0.0943. The summed E-state index contributed by atoms with van der Waals surface area (Å²) in [5.74, 6) is -0.521. The predicted molar refractivity (Wildman–Crippen MR) is 78.3 cm³/mol. The molecule has 2 rings (SSSR count). The molecule has 106 valence electrons. The van der Waals surface area contributed by atoms with Gasteiger partial charge in [0.15, 0.2) is 5.13 Å². The molecule has 0 aliphatic carbocycles. The van der Waals surface area contributed by atoms with Crippen molar-refractivity contribution >= 4 is 22.4 Å². The molecule has 0 saturated heterocycles. The van der Waals surface area contributed by atoms with Crippen LogP contribution in [-0.2, 0) is 0 Å². The van der Waals surface area contributed by atoms with E-state index in [1.165, 1.54) is 6.07 Å². The van der Waals surface area contributed by atoms with Crippen molar-refractivity contribution in [3.63, 3.8) is 0 Å². The van der Waals surface area contributed by atoms with Crippen molar-refractivity contribution in [2.75, 3.05) is 5.73 Å². The Morgan fingerprint density at radius 1 is 1.45 bits per heavy atom. The van der Waals surface area contributed by atoms with Gasteiger partial charge in [-0.25, -0.2) is 9.37 Å². The van der Waals surface area contributed by atoms with Crippen LogP contribution in [0.5, 0.6) is 0 Å². The first-order valence-corrected chi connectivity index (χ1v) is 7.00. The zero-order valence-corrected chi connectivity index (χ0v) is 12.3. The van der Waals surface area contributed by atoms with Crippen LogP contribution in [0, 0.1) is 19.7 Å². The number of nitrogens with one attached hydrogen (secondary N) is 1. The summed E-state index contributed by atoms with van der Waals surface area (Å²) in [5.41, 5.74) is 7.48. The standard InChI is InChI=1S/C14H16FN3OS/c1-7-4-5-10(6-11(7)15)8(2)17-13(19)12-9(3)18-14(16)20-12/h4-6,8H,1-3H3,(H2,16,18)(H,17,19). The molecule has 0 spiro atoms. The molecule has 0 fully saturated rings. The highest BCUT2D eigenvalue weighted by molar-refractivity contribution is 7.17. The second-order valence-corrected chi connectivity index (χ2v) is 5.70. The van der Waals surface area contributed by atoms with Gasteiger partial charge in [-0.1, -0.05) is 23.5 Å². The Labute approximate surface area is 120 Å². The second kappa shape index (κ2) is 5.58. The number of amides is 1. The molecular weight excluding hydrogens is 277 g/mol. The summed E-state index contributed by atoms with van der Waals surface area (Å²) in [6.45, 7) is 5.24. The number of anilines is 1. The molecule has 0 aliphatic rings. The van der Waals surface area contributed by atoms with Crippen LogP contribution in [0.15, 0.2) is 18.2 Å². The number of rotatable bonds is 3. The molecule has 2 aromatic rings. The van der Waals surface area contributed by atoms with Gasteiger partial charge < -0.3 is 11.1 Å². The first kappa shape index (κ1) is 14.5. The van der Waals surface area contributed by atoms with Gasteiger partial charge in [-0.15, -0.1) is 0 Å². The molecule has 20 heavy (non-hydrogen) atoms. The number of hydrogen-bond donors (Lipinski definition) is 2. The molecule has 1 amide bonds. The highest BCUT2D eigenvalue weighted by Gasteiger charge is 2.17. The van der Waals surface area contributed by atoms with Gasteiger partial charge in [-0.3, -0.25) is 4.79 Å². The highest BCUT2D eigenvalue weighted by Crippen LogP contribution is 2.21. The van der Waals surface area contributed by atoms with Crippen LogP contribution in [-0.4, -0.2) is 10.9 Å². The summed E-state index contributed by atoms with van der Waals surface area (Å²) in [4.78, 5) is 16.6. The van der Waals surface area contributed by atoms with E-state index in [1.807, 2.05) is 6.92 Å². The maximum atomic E-state index is 13.5. The van der Waals surface area contributed by atoms with E-state index in [0.717, 1.165) is 16.9 Å². The van der Waals surface area contributed by atoms with Crippen LogP contribution in [0.4, 0.5) is 9.52 Å². The van der Waals surface area contributed by atoms with Gasteiger partial charge in [0.1, 0.15) is 10.7 Å². The monoisotopic (exact) mass is 293 g/mol. The van der Waals surface area contributed by atoms with E-state index >= 15 is 0 Å². The molecule has 1 aromatic carbocycles. The number of aryl methyl sites for hydroxylation is 2. The van der Waals surface area contributed by atoms with Gasteiger partial charge in [0.25, 0.3) is 5.91 Å². The van der Waals surface area contributed by atoms with Gasteiger partial charge in [0.05, 0.1) is 11.7 Å². The third kappa shape index (κ3) is 2.96. The number of hydrogen-bond acceptors (Lipinski definition) is 4. The van der Waals surface area contributed by atoms with Gasteiger partial charge in [-0.05, 0) is 38.0 Å². The van der Waals surface area contributed by atoms with Crippen LogP contribution in [0.25, 0.3) is 0 Å². The third-order valence-corrected chi connectivity index (χ3v) is 4.05. The molecule has 0 saturated carbocycles. The number of nitrogens with zero attached hydrogens (tertiary/aromatic N) is 1. The molecule has 0 radical (unpaired) electrons. The Balaban J connectivity index is 2.14. The Bertz CT molecular complexity index is 654. The zero-order valence-electron chi connectivity index (χ0n) is 11.5. The van der Waals surface area contributed by atoms with E-state index in [9.17, 15) is 9.18 Å². The molecule has 6 heteroatoms. The quantitative estimate of drug-likeness (QED) is 0.914. The smallest absolute Gasteiger partial charge is 0.263 e. The average molecular weight is 293 g/mol. The third-order valence-electron chi connectivity index (χ3n) is 3.06. The van der Waals surface area contributed by atoms with Crippen LogP contribution in [0.2, 0.25) is 0 Å². The van der Waals surface area contributed by atoms with Crippen molar-refractivity contribution in [1.29, 1.82) is 0 Å². The van der Waals surface area contributed by atoms with E-state index in [4.69, 9.17) is 5.73 Å². The molecule has 0 bridgehead atoms. The van der Waals surface area contributed by atoms with E-state index < -0.39 is 0 Å². The molecule has 1 aromatic heterocycles. The number of halogens is 1. The minimum atomic E-state index is -0.291. The van der Waals surface area contributed by atoms with E-state index in [0.29, 0.717) is 21.3 Å². The number of carbonyl (C=O) groups excluding carboxylic acids is 1. The number of thiazole rings is 1. The maximum Gasteiger partial charge on any atom is 0.263 e. The van der Waals surface area contributed by atoms with Crippen molar-refractivity contribution in [3.05, 3.63) is 45.7 Å². The van der Waals surface area contributed by atoms with Crippen LogP contribution >= 0.6 is 11.3 Å². The number of nitrogens with two attached hydrogens (primary N) is 1. The van der Waals surface area contributed by atoms with E-state index in [2.05, 4.69) is 10.3 Å². The van der Waals surface area contributed by atoms with Crippen molar-refractivity contribution in [3.8, 4) is 0 Å². The minimum absolute atomic E-state index is 0.245. The summed E-state index contributed by atoms with van der Waals surface area (Å²) in [7, 11) is 0. The van der Waals surface area contributed by atoms with Crippen molar-refractivity contribution in [2.24, 2.45) is 0 Å². The van der Waals surface area contributed by atoms with Crippen LogP contribution < -0.4 is 11.1 Å². The Morgan fingerprint density at radius 2 is 2.15 bits per heavy atom. The molecular formula is C14H16FN3OS. The summed E-state index contributed by atoms with van der Waals surface area (Å²) >= 11 is 1.15. The van der Waals surface area contributed by atoms with Gasteiger partial charge in [0, 0.05) is 0 Å². The van der Waals surface area contributed by atoms with Crippen molar-refractivity contribution in [2.45, 2.75) is 26.8 Å². The minimum Gasteiger partial charge on any atom is -0.375 e. The van der Waals surface area contributed by atoms with Crippen LogP contribution in [0.1, 0.15) is 39.5 Å². The SMILES string of the molecule is Cc1ccc(C(C)NC(=O)c2sc(N)nc2C)cc1F. The topological polar surface area (TPSA) is 68.0 Å². The highest BCUT2D eigenvalue weighted by atomic mass is 32.1. The largest absolute Gasteiger partial charge is 0.375 e.